The molecule has 290 valence electrons. The van der Waals surface area contributed by atoms with Crippen LogP contribution in [0.2, 0.25) is 0 Å². The van der Waals surface area contributed by atoms with Crippen molar-refractivity contribution < 1.29 is 0 Å². The highest BCUT2D eigenvalue weighted by atomic mass is 15.1. The molecule has 4 heteroatoms. The third kappa shape index (κ3) is 6.17. The molecule has 0 aliphatic carbocycles. The van der Waals surface area contributed by atoms with Crippen LogP contribution >= 0.6 is 0 Å². The standard InChI is InChI=1S/C56H46N4/c1-55(2,3)40-25-27-51-45(32-40)42-21-13-15-23-49(42)59(51)53-31-39(35-57)44(38-29-47(36-17-9-7-10-18-36)58-48(30-38)37-19-11-8-12-20-37)34-54(53)60-50-24-16-14-22-43(50)46-33-41(56(4,5)6)26-28-52(46)60/h7-34H,1-6H3. The van der Waals surface area contributed by atoms with E-state index in [0.29, 0.717) is 5.56 Å². The predicted octanol–water partition coefficient (Wildman–Crippen LogP) is 14.7. The average Bonchev–Trinajstić information content (AvgIpc) is 3.78. The Morgan fingerprint density at radius 2 is 0.833 bits per heavy atom. The molecule has 0 fully saturated rings. The fourth-order valence-electron chi connectivity index (χ4n) is 8.86. The molecule has 7 aromatic carbocycles. The third-order valence-electron chi connectivity index (χ3n) is 12.1. The molecule has 4 nitrogen and oxygen atoms in total. The van der Waals surface area contributed by atoms with E-state index < -0.39 is 0 Å². The molecule has 0 saturated carbocycles. The molecule has 10 aromatic rings. The van der Waals surface area contributed by atoms with Gasteiger partial charge in [0.1, 0.15) is 0 Å². The fourth-order valence-corrected chi connectivity index (χ4v) is 8.86. The van der Waals surface area contributed by atoms with Gasteiger partial charge in [-0.1, -0.05) is 151 Å². The Morgan fingerprint density at radius 1 is 0.417 bits per heavy atom. The van der Waals surface area contributed by atoms with Gasteiger partial charge in [0.05, 0.1) is 56.5 Å². The van der Waals surface area contributed by atoms with Crippen molar-refractivity contribution >= 4 is 43.6 Å². The highest BCUT2D eigenvalue weighted by Crippen LogP contribution is 2.43. The Labute approximate surface area is 351 Å². The Bertz CT molecular complexity index is 3270. The monoisotopic (exact) mass is 774 g/mol. The van der Waals surface area contributed by atoms with E-state index in [4.69, 9.17) is 4.98 Å². The summed E-state index contributed by atoms with van der Waals surface area (Å²) in [7, 11) is 0. The smallest absolute Gasteiger partial charge is 0.0998 e. The molecule has 0 atom stereocenters. The normalized spacial score (nSPS) is 12.2. The number of rotatable bonds is 5. The molecule has 0 unspecified atom stereocenters. The van der Waals surface area contributed by atoms with E-state index in [1.54, 1.807) is 0 Å². The van der Waals surface area contributed by atoms with Gasteiger partial charge < -0.3 is 9.13 Å². The Morgan fingerprint density at radius 3 is 1.28 bits per heavy atom. The fraction of sp³-hybridized carbons (Fsp3) is 0.143. The van der Waals surface area contributed by atoms with Crippen molar-refractivity contribution in [3.63, 3.8) is 0 Å². The van der Waals surface area contributed by atoms with Crippen LogP contribution < -0.4 is 0 Å². The largest absolute Gasteiger partial charge is 0.307 e. The number of fused-ring (bicyclic) bond motifs is 6. The van der Waals surface area contributed by atoms with Gasteiger partial charge in [0, 0.05) is 38.2 Å². The van der Waals surface area contributed by atoms with Gasteiger partial charge in [-0.15, -0.1) is 0 Å². The van der Waals surface area contributed by atoms with Crippen molar-refractivity contribution in [2.24, 2.45) is 0 Å². The quantitative estimate of drug-likeness (QED) is 0.175. The van der Waals surface area contributed by atoms with E-state index in [1.807, 2.05) is 36.4 Å². The predicted molar refractivity (Wildman–Crippen MR) is 251 cm³/mol. The molecular formula is C56H46N4. The van der Waals surface area contributed by atoms with E-state index in [2.05, 4.69) is 190 Å². The first kappa shape index (κ1) is 37.1. The maximum atomic E-state index is 11.2. The summed E-state index contributed by atoms with van der Waals surface area (Å²) in [5, 5.41) is 16.0. The van der Waals surface area contributed by atoms with Crippen molar-refractivity contribution in [2.75, 3.05) is 0 Å². The van der Waals surface area contributed by atoms with Gasteiger partial charge in [0.2, 0.25) is 0 Å². The summed E-state index contributed by atoms with van der Waals surface area (Å²) in [6, 6.07) is 63.1. The van der Waals surface area contributed by atoms with Gasteiger partial charge in [-0.05, 0) is 88.2 Å². The molecule has 3 heterocycles. The highest BCUT2D eigenvalue weighted by molar-refractivity contribution is 6.12. The van der Waals surface area contributed by atoms with Gasteiger partial charge >= 0.3 is 0 Å². The molecule has 0 amide bonds. The maximum Gasteiger partial charge on any atom is 0.0998 e. The van der Waals surface area contributed by atoms with Crippen LogP contribution in [0.5, 0.6) is 0 Å². The van der Waals surface area contributed by atoms with Crippen LogP contribution in [0.4, 0.5) is 0 Å². The Kier molecular flexibility index (Phi) is 8.63. The number of pyridine rings is 1. The van der Waals surface area contributed by atoms with Gasteiger partial charge in [0.25, 0.3) is 0 Å². The molecule has 60 heavy (non-hydrogen) atoms. The number of aromatic nitrogens is 3. The zero-order chi connectivity index (χ0) is 41.3. The zero-order valence-corrected chi connectivity index (χ0v) is 35.0. The molecule has 3 aromatic heterocycles. The molecule has 0 bridgehead atoms. The first-order valence-corrected chi connectivity index (χ1v) is 20.8. The van der Waals surface area contributed by atoms with Gasteiger partial charge in [-0.3, -0.25) is 0 Å². The second kappa shape index (κ2) is 14.0. The highest BCUT2D eigenvalue weighted by Gasteiger charge is 2.25. The molecule has 0 spiro atoms. The van der Waals surface area contributed by atoms with Crippen LogP contribution in [0.25, 0.3) is 88.6 Å². The molecule has 0 aliphatic heterocycles. The average molecular weight is 775 g/mol. The van der Waals surface area contributed by atoms with Crippen LogP contribution in [-0.4, -0.2) is 14.1 Å². The lowest BCUT2D eigenvalue weighted by molar-refractivity contribution is 0.591. The maximum absolute atomic E-state index is 11.2. The molecular weight excluding hydrogens is 729 g/mol. The molecule has 10 rings (SSSR count). The van der Waals surface area contributed by atoms with Gasteiger partial charge in [-0.2, -0.15) is 5.26 Å². The van der Waals surface area contributed by atoms with E-state index >= 15 is 0 Å². The summed E-state index contributed by atoms with van der Waals surface area (Å²) in [5.74, 6) is 0. The molecule has 0 aliphatic rings. The van der Waals surface area contributed by atoms with Gasteiger partial charge in [0.15, 0.2) is 0 Å². The van der Waals surface area contributed by atoms with Crippen molar-refractivity contribution in [3.05, 3.63) is 187 Å². The SMILES string of the molecule is CC(C)(C)c1ccc2c(c1)c1ccccc1n2-c1cc(C#N)c(-c2cc(-c3ccccc3)nc(-c3ccccc3)c2)cc1-n1c2ccccc2c2cc(C(C)(C)C)ccc21. The van der Waals surface area contributed by atoms with Crippen molar-refractivity contribution in [2.45, 2.75) is 52.4 Å². The van der Waals surface area contributed by atoms with E-state index in [9.17, 15) is 5.26 Å². The number of nitrogens with zero attached hydrogens (tertiary/aromatic N) is 4. The van der Waals surface area contributed by atoms with E-state index in [-0.39, 0.29) is 10.8 Å². The van der Waals surface area contributed by atoms with Crippen molar-refractivity contribution in [1.29, 1.82) is 5.26 Å². The summed E-state index contributed by atoms with van der Waals surface area (Å²) < 4.78 is 4.79. The minimum Gasteiger partial charge on any atom is -0.307 e. The number of hydrogen-bond donors (Lipinski definition) is 0. The summed E-state index contributed by atoms with van der Waals surface area (Å²) >= 11 is 0. The molecule has 0 saturated heterocycles. The van der Waals surface area contributed by atoms with Gasteiger partial charge in [-0.25, -0.2) is 4.98 Å². The van der Waals surface area contributed by atoms with Crippen molar-refractivity contribution in [1.82, 2.24) is 14.1 Å². The van der Waals surface area contributed by atoms with E-state index in [1.165, 1.54) is 32.7 Å². The lowest BCUT2D eigenvalue weighted by Crippen LogP contribution is -2.11. The first-order chi connectivity index (χ1) is 29.0. The Hall–Kier alpha value is -7.22. The lowest BCUT2D eigenvalue weighted by Gasteiger charge is -2.21. The second-order valence-corrected chi connectivity index (χ2v) is 18.0. The second-order valence-electron chi connectivity index (χ2n) is 18.0. The minimum atomic E-state index is -0.0205. The van der Waals surface area contributed by atoms with Crippen LogP contribution in [0.15, 0.2) is 170 Å². The van der Waals surface area contributed by atoms with E-state index in [0.717, 1.165) is 67.1 Å². The summed E-state index contributed by atoms with van der Waals surface area (Å²) in [4.78, 5) is 5.20. The third-order valence-corrected chi connectivity index (χ3v) is 12.1. The molecule has 0 N–H and O–H groups in total. The summed E-state index contributed by atoms with van der Waals surface area (Å²) in [6.45, 7) is 13.6. The zero-order valence-electron chi connectivity index (χ0n) is 35.0. The minimum absolute atomic E-state index is 0.0190. The molecule has 0 radical (unpaired) electrons. The summed E-state index contributed by atoms with van der Waals surface area (Å²) in [6.07, 6.45) is 0. The van der Waals surface area contributed by atoms with Crippen LogP contribution in [0, 0.1) is 11.3 Å². The number of benzene rings is 7. The Balaban J connectivity index is 1.35. The van der Waals surface area contributed by atoms with Crippen LogP contribution in [0.1, 0.15) is 58.2 Å². The lowest BCUT2D eigenvalue weighted by atomic mass is 9.86. The number of hydrogen-bond acceptors (Lipinski definition) is 2. The van der Waals surface area contributed by atoms with Crippen LogP contribution in [-0.2, 0) is 10.8 Å². The summed E-state index contributed by atoms with van der Waals surface area (Å²) in [5.41, 5.74) is 15.0. The first-order valence-electron chi connectivity index (χ1n) is 20.8. The van der Waals surface area contributed by atoms with Crippen molar-refractivity contribution in [3.8, 4) is 51.1 Å². The topological polar surface area (TPSA) is 46.5 Å². The number of para-hydroxylation sites is 2. The number of nitriles is 1. The van der Waals surface area contributed by atoms with Crippen LogP contribution in [0.3, 0.4) is 0 Å².